The number of nitrogens with one attached hydrogen (secondary N) is 1. The maximum absolute atomic E-state index is 7.84. The van der Waals surface area contributed by atoms with Gasteiger partial charge in [-0.25, -0.2) is 19.9 Å². The Balaban J connectivity index is 0.000000221. The molecule has 0 saturated heterocycles. The molecule has 6 heteroatoms. The van der Waals surface area contributed by atoms with E-state index in [2.05, 4.69) is 121 Å². The number of nitrogens with two attached hydrogens (primary N) is 1. The van der Waals surface area contributed by atoms with Crippen molar-refractivity contribution in [2.45, 2.75) is 12.3 Å². The molecule has 1 heterocycles. The molecule has 61 heavy (non-hydrogen) atoms. The summed E-state index contributed by atoms with van der Waals surface area (Å²) in [5.74, 6) is 2.54. The lowest BCUT2D eigenvalue weighted by atomic mass is 9.70. The van der Waals surface area contributed by atoms with Gasteiger partial charge in [0.15, 0.2) is 23.3 Å². The molecule has 2 aliphatic rings. The van der Waals surface area contributed by atoms with Crippen molar-refractivity contribution < 1.29 is 0 Å². The van der Waals surface area contributed by atoms with Crippen LogP contribution in [0.25, 0.3) is 56.4 Å². The lowest BCUT2D eigenvalue weighted by Crippen LogP contribution is -2.26. The average Bonchev–Trinajstić information content (AvgIpc) is 3.79. The molecule has 0 unspecified atom stereocenters. The fraction of sp³-hybridized carbons (Fsp3) is 0.0364. The van der Waals surface area contributed by atoms with Crippen LogP contribution in [0, 0.1) is 12.3 Å². The van der Waals surface area contributed by atoms with E-state index < -0.39 is 5.41 Å². The van der Waals surface area contributed by atoms with Gasteiger partial charge in [-0.2, -0.15) is 0 Å². The lowest BCUT2D eigenvalue weighted by Gasteiger charge is -2.30. The zero-order valence-corrected chi connectivity index (χ0v) is 33.5. The molecule has 1 aromatic heterocycles. The molecule has 2 aliphatic carbocycles. The van der Waals surface area contributed by atoms with Crippen molar-refractivity contribution in [3.8, 4) is 56.4 Å². The predicted molar refractivity (Wildman–Crippen MR) is 248 cm³/mol. The summed E-state index contributed by atoms with van der Waals surface area (Å²) in [6, 6.07) is 70.6. The second-order valence-electron chi connectivity index (χ2n) is 15.3. The highest BCUT2D eigenvalue weighted by molar-refractivity contribution is 6.09. The Morgan fingerprint density at radius 3 is 1.38 bits per heavy atom. The van der Waals surface area contributed by atoms with Gasteiger partial charge >= 0.3 is 0 Å². The molecule has 0 bridgehead atoms. The molecule has 0 radical (unpaired) electrons. The molecule has 290 valence electrons. The first kappa shape index (κ1) is 37.2. The van der Waals surface area contributed by atoms with E-state index in [9.17, 15) is 0 Å². The largest absolute Gasteiger partial charge is 0.383 e. The third-order valence-corrected chi connectivity index (χ3v) is 11.6. The van der Waals surface area contributed by atoms with Crippen LogP contribution in [0.1, 0.15) is 38.9 Å². The normalized spacial score (nSPS) is 12.7. The Morgan fingerprint density at radius 1 is 0.426 bits per heavy atom. The van der Waals surface area contributed by atoms with Crippen molar-refractivity contribution in [2.75, 3.05) is 0 Å². The van der Waals surface area contributed by atoms with Crippen LogP contribution in [0.15, 0.2) is 211 Å². The first-order valence-corrected chi connectivity index (χ1v) is 20.4. The van der Waals surface area contributed by atoms with Crippen LogP contribution < -0.4 is 5.73 Å². The van der Waals surface area contributed by atoms with Gasteiger partial charge in [-0.3, -0.25) is 5.41 Å². The van der Waals surface area contributed by atoms with Crippen molar-refractivity contribution >= 4 is 11.7 Å². The van der Waals surface area contributed by atoms with Gasteiger partial charge < -0.3 is 5.73 Å². The Kier molecular flexibility index (Phi) is 9.50. The zero-order valence-electron chi connectivity index (χ0n) is 33.5. The number of aromatic nitrogens is 3. The van der Waals surface area contributed by atoms with Crippen molar-refractivity contribution in [3.05, 3.63) is 245 Å². The van der Waals surface area contributed by atoms with Crippen LogP contribution in [0.2, 0.25) is 0 Å². The van der Waals surface area contributed by atoms with E-state index >= 15 is 0 Å². The molecular weight excluding hydrogens is 745 g/mol. The topological polar surface area (TPSA) is 101 Å². The number of fused-ring (bicyclic) bond motifs is 10. The number of aliphatic imine (C=N–C) groups is 1. The third kappa shape index (κ3) is 6.61. The Bertz CT molecular complexity index is 3000. The van der Waals surface area contributed by atoms with Gasteiger partial charge in [0.1, 0.15) is 5.84 Å². The lowest BCUT2D eigenvalue weighted by molar-refractivity contribution is 0.792. The molecule has 0 fully saturated rings. The predicted octanol–water partition coefficient (Wildman–Crippen LogP) is 11.9. The van der Waals surface area contributed by atoms with E-state index in [1.165, 1.54) is 50.1 Å². The van der Waals surface area contributed by atoms with Crippen LogP contribution in [-0.2, 0) is 5.41 Å². The number of amidine groups is 2. The van der Waals surface area contributed by atoms with Crippen LogP contribution in [0.3, 0.4) is 0 Å². The highest BCUT2D eigenvalue weighted by Crippen LogP contribution is 2.63. The number of rotatable bonds is 5. The maximum Gasteiger partial charge on any atom is 0.164 e. The summed E-state index contributed by atoms with van der Waals surface area (Å²) in [6.07, 6.45) is 0. The van der Waals surface area contributed by atoms with Crippen molar-refractivity contribution in [1.29, 1.82) is 5.41 Å². The second-order valence-corrected chi connectivity index (χ2v) is 15.3. The minimum atomic E-state index is -0.419. The molecule has 1 spiro atoms. The summed E-state index contributed by atoms with van der Waals surface area (Å²) in [6.45, 7) is 2.19. The van der Waals surface area contributed by atoms with Crippen molar-refractivity contribution in [1.82, 2.24) is 15.0 Å². The summed E-state index contributed by atoms with van der Waals surface area (Å²) in [5, 5.41) is 7.84. The Morgan fingerprint density at radius 2 is 0.836 bits per heavy atom. The second kappa shape index (κ2) is 15.6. The minimum Gasteiger partial charge on any atom is -0.383 e. The monoisotopic (exact) mass is 784 g/mol. The summed E-state index contributed by atoms with van der Waals surface area (Å²) < 4.78 is 0. The fourth-order valence-electron chi connectivity index (χ4n) is 8.78. The SMILES string of the molecule is Cc1ccc2c(c1)C1(c3ccccc3-c3ccccc31)c1cc(-c3nc(-c4ccccc4)nc(-c4ccccc4)n3)ccc1-2.N=C(N=C(N)c1ccccc1)c1ccccc1. The first-order chi connectivity index (χ1) is 30.0. The molecule has 0 aliphatic heterocycles. The van der Waals surface area contributed by atoms with E-state index in [0.717, 1.165) is 27.8 Å². The van der Waals surface area contributed by atoms with Crippen molar-refractivity contribution in [2.24, 2.45) is 10.7 Å². The maximum atomic E-state index is 7.84. The molecule has 11 rings (SSSR count). The van der Waals surface area contributed by atoms with Gasteiger partial charge in [-0.1, -0.05) is 206 Å². The molecule has 8 aromatic carbocycles. The van der Waals surface area contributed by atoms with Gasteiger partial charge in [-0.15, -0.1) is 0 Å². The highest BCUT2D eigenvalue weighted by Gasteiger charge is 2.51. The van der Waals surface area contributed by atoms with E-state index in [1.807, 2.05) is 97.1 Å². The Labute approximate surface area is 355 Å². The third-order valence-electron chi connectivity index (χ3n) is 11.6. The quantitative estimate of drug-likeness (QED) is 0.134. The van der Waals surface area contributed by atoms with E-state index in [1.54, 1.807) is 0 Å². The minimum absolute atomic E-state index is 0.173. The summed E-state index contributed by atoms with van der Waals surface area (Å²) in [4.78, 5) is 19.2. The Hall–Kier alpha value is -8.09. The van der Waals surface area contributed by atoms with Gasteiger partial charge in [0, 0.05) is 27.8 Å². The molecule has 0 saturated carbocycles. The number of hydrogen-bond donors (Lipinski definition) is 2. The van der Waals surface area contributed by atoms with Gasteiger partial charge in [0.2, 0.25) is 0 Å². The van der Waals surface area contributed by atoms with Gasteiger partial charge in [-0.05, 0) is 57.5 Å². The van der Waals surface area contributed by atoms with Crippen LogP contribution in [0.4, 0.5) is 0 Å². The van der Waals surface area contributed by atoms with E-state index in [4.69, 9.17) is 26.1 Å². The molecule has 0 atom stereocenters. The molecule has 9 aromatic rings. The molecule has 6 nitrogen and oxygen atoms in total. The van der Waals surface area contributed by atoms with Crippen molar-refractivity contribution in [3.63, 3.8) is 0 Å². The first-order valence-electron chi connectivity index (χ1n) is 20.4. The number of aryl methyl sites for hydroxylation is 1. The van der Waals surface area contributed by atoms with E-state index in [-0.39, 0.29) is 5.84 Å². The number of nitrogens with zero attached hydrogens (tertiary/aromatic N) is 4. The smallest absolute Gasteiger partial charge is 0.164 e. The number of hydrogen-bond acceptors (Lipinski definition) is 4. The van der Waals surface area contributed by atoms with E-state index in [0.29, 0.717) is 23.3 Å². The standard InChI is InChI=1S/C41H27N3.C14H13N3/c1-26-20-22-32-33-23-21-29(40-43-38(27-12-4-2-5-13-27)42-39(44-40)28-14-6-3-7-15-28)25-37(33)41(36(32)24-26)34-18-10-8-16-30(34)31-17-9-11-19-35(31)41;15-13(11-7-3-1-4-8-11)17-14(16)12-9-5-2-6-10-12/h2-25H,1H3;1-10H,(H3,15,16,17). The highest BCUT2D eigenvalue weighted by atomic mass is 15.0. The summed E-state index contributed by atoms with van der Waals surface area (Å²) in [5.41, 5.74) is 21.6. The number of benzene rings is 8. The summed E-state index contributed by atoms with van der Waals surface area (Å²) >= 11 is 0. The van der Waals surface area contributed by atoms with Gasteiger partial charge in [0.05, 0.1) is 5.41 Å². The fourth-order valence-corrected chi connectivity index (χ4v) is 8.78. The molecule has 3 N–H and O–H groups in total. The van der Waals surface area contributed by atoms with Crippen LogP contribution >= 0.6 is 0 Å². The zero-order chi connectivity index (χ0) is 41.3. The molecule has 0 amide bonds. The van der Waals surface area contributed by atoms with Crippen LogP contribution in [0.5, 0.6) is 0 Å². The summed E-state index contributed by atoms with van der Waals surface area (Å²) in [7, 11) is 0. The van der Waals surface area contributed by atoms with Gasteiger partial charge in [0.25, 0.3) is 0 Å². The average molecular weight is 785 g/mol. The molecular formula is C55H40N6. The van der Waals surface area contributed by atoms with Crippen LogP contribution in [-0.4, -0.2) is 26.6 Å².